The number of hydrogen-bond acceptors (Lipinski definition) is 2. The molecule has 2 atom stereocenters. The molecule has 0 amide bonds. The van der Waals surface area contributed by atoms with Crippen LogP contribution in [0.15, 0.2) is 22.8 Å². The van der Waals surface area contributed by atoms with Crippen molar-refractivity contribution >= 4 is 26.9 Å². The van der Waals surface area contributed by atoms with Gasteiger partial charge in [-0.15, -0.1) is 0 Å². The topological polar surface area (TPSA) is 42.0 Å². The standard InChI is InChI=1S/C11H14BrF3N2OS/c1-10(2,3)19(18)17-9(11(13,14)15)8-5-4-7(12)6-16-8/h4-6,9,17H,1-3H3/t9-,19?/m0/s1. The monoisotopic (exact) mass is 358 g/mol. The van der Waals surface area contributed by atoms with E-state index in [0.717, 1.165) is 0 Å². The molecule has 3 nitrogen and oxygen atoms in total. The first kappa shape index (κ1) is 16.6. The zero-order chi connectivity index (χ0) is 14.8. The van der Waals surface area contributed by atoms with Gasteiger partial charge in [-0.1, -0.05) is 0 Å². The third-order valence-corrected chi connectivity index (χ3v) is 4.19. The molecule has 0 aliphatic carbocycles. The average molecular weight is 359 g/mol. The Kier molecular flexibility index (Phi) is 5.14. The van der Waals surface area contributed by atoms with E-state index >= 15 is 0 Å². The zero-order valence-corrected chi connectivity index (χ0v) is 13.0. The molecule has 0 spiro atoms. The van der Waals surface area contributed by atoms with E-state index in [1.54, 1.807) is 20.8 Å². The largest absolute Gasteiger partial charge is 0.410 e. The van der Waals surface area contributed by atoms with Crippen LogP contribution in [0, 0.1) is 0 Å². The smallest absolute Gasteiger partial charge is 0.258 e. The van der Waals surface area contributed by atoms with Gasteiger partial charge in [-0.05, 0) is 48.8 Å². The number of nitrogens with zero attached hydrogens (tertiary/aromatic N) is 1. The second-order valence-corrected chi connectivity index (χ2v) is 7.79. The van der Waals surface area contributed by atoms with E-state index < -0.39 is 28.0 Å². The van der Waals surface area contributed by atoms with Crippen molar-refractivity contribution in [2.24, 2.45) is 0 Å². The van der Waals surface area contributed by atoms with E-state index in [9.17, 15) is 17.4 Å². The van der Waals surface area contributed by atoms with Crippen LogP contribution in [0.3, 0.4) is 0 Å². The molecule has 0 fully saturated rings. The summed E-state index contributed by atoms with van der Waals surface area (Å²) < 4.78 is 52.7. The van der Waals surface area contributed by atoms with Crippen LogP contribution in [-0.4, -0.2) is 20.1 Å². The number of pyridine rings is 1. The Hall–Kier alpha value is -0.470. The molecule has 1 aromatic heterocycles. The lowest BCUT2D eigenvalue weighted by Crippen LogP contribution is -2.41. The van der Waals surface area contributed by atoms with Crippen LogP contribution in [0.25, 0.3) is 0 Å². The van der Waals surface area contributed by atoms with Crippen LogP contribution in [0.4, 0.5) is 13.2 Å². The summed E-state index contributed by atoms with van der Waals surface area (Å²) in [5.41, 5.74) is -0.215. The summed E-state index contributed by atoms with van der Waals surface area (Å²) in [6, 6.07) is 0.651. The molecule has 1 N–H and O–H groups in total. The highest BCUT2D eigenvalue weighted by Crippen LogP contribution is 2.33. The highest BCUT2D eigenvalue weighted by molar-refractivity contribution is 9.10. The minimum atomic E-state index is -4.57. The summed E-state index contributed by atoms with van der Waals surface area (Å²) in [6.07, 6.45) is -3.29. The first-order chi connectivity index (χ1) is 8.51. The van der Waals surface area contributed by atoms with Crippen LogP contribution >= 0.6 is 15.9 Å². The Labute approximate surface area is 120 Å². The number of alkyl halides is 3. The first-order valence-corrected chi connectivity index (χ1v) is 7.32. The summed E-state index contributed by atoms with van der Waals surface area (Å²) in [6.45, 7) is 4.79. The zero-order valence-electron chi connectivity index (χ0n) is 10.6. The van der Waals surface area contributed by atoms with Crippen LogP contribution in [0.1, 0.15) is 32.5 Å². The maximum absolute atomic E-state index is 13.0. The van der Waals surface area contributed by atoms with Gasteiger partial charge in [0.2, 0.25) is 0 Å². The van der Waals surface area contributed by atoms with Gasteiger partial charge >= 0.3 is 6.18 Å². The van der Waals surface area contributed by atoms with E-state index in [4.69, 9.17) is 0 Å². The lowest BCUT2D eigenvalue weighted by molar-refractivity contribution is -0.153. The lowest BCUT2D eigenvalue weighted by atomic mass is 10.2. The van der Waals surface area contributed by atoms with Gasteiger partial charge < -0.3 is 0 Å². The second-order valence-electron chi connectivity index (χ2n) is 4.87. The molecule has 1 heterocycles. The molecule has 1 rings (SSSR count). The van der Waals surface area contributed by atoms with Crippen molar-refractivity contribution in [1.29, 1.82) is 0 Å². The molecule has 8 heteroatoms. The quantitative estimate of drug-likeness (QED) is 0.898. The summed E-state index contributed by atoms with van der Waals surface area (Å²) in [5.74, 6) is 0. The fourth-order valence-electron chi connectivity index (χ4n) is 1.14. The van der Waals surface area contributed by atoms with Crippen molar-refractivity contribution in [1.82, 2.24) is 9.71 Å². The molecule has 0 saturated heterocycles. The van der Waals surface area contributed by atoms with E-state index in [1.807, 2.05) is 0 Å². The van der Waals surface area contributed by atoms with Gasteiger partial charge in [0.15, 0.2) is 6.04 Å². The van der Waals surface area contributed by atoms with Crippen molar-refractivity contribution in [3.05, 3.63) is 28.5 Å². The molecule has 0 aromatic carbocycles. The minimum absolute atomic E-state index is 0.215. The summed E-state index contributed by atoms with van der Waals surface area (Å²) in [7, 11) is -1.84. The number of rotatable bonds is 3. The number of hydrogen-bond donors (Lipinski definition) is 1. The molecule has 0 aliphatic heterocycles. The Balaban J connectivity index is 3.04. The molecular formula is C11H14BrF3N2OS. The maximum atomic E-state index is 13.0. The van der Waals surface area contributed by atoms with Crippen LogP contribution in [0.5, 0.6) is 0 Å². The van der Waals surface area contributed by atoms with Crippen LogP contribution in [-0.2, 0) is 11.0 Å². The molecule has 0 saturated carbocycles. The van der Waals surface area contributed by atoms with Crippen molar-refractivity contribution in [2.75, 3.05) is 0 Å². The predicted molar refractivity (Wildman–Crippen MR) is 71.8 cm³/mol. The van der Waals surface area contributed by atoms with Crippen LogP contribution < -0.4 is 4.72 Å². The molecule has 1 unspecified atom stereocenters. The highest BCUT2D eigenvalue weighted by atomic mass is 79.9. The Bertz CT molecular complexity index is 456. The number of halogens is 4. The third kappa shape index (κ3) is 4.85. The highest BCUT2D eigenvalue weighted by Gasteiger charge is 2.43. The predicted octanol–water partition coefficient (Wildman–Crippen LogP) is 3.50. The van der Waals surface area contributed by atoms with Crippen molar-refractivity contribution in [2.45, 2.75) is 37.7 Å². The number of aromatic nitrogens is 1. The third-order valence-electron chi connectivity index (χ3n) is 2.15. The lowest BCUT2D eigenvalue weighted by Gasteiger charge is -2.25. The molecule has 108 valence electrons. The Morgan fingerprint density at radius 1 is 1.32 bits per heavy atom. The van der Waals surface area contributed by atoms with Gasteiger partial charge in [-0.2, -0.15) is 13.2 Å². The molecule has 1 aromatic rings. The normalized spacial score (nSPS) is 16.2. The average Bonchev–Trinajstić information content (AvgIpc) is 2.24. The van der Waals surface area contributed by atoms with Crippen molar-refractivity contribution < 1.29 is 17.4 Å². The van der Waals surface area contributed by atoms with E-state index in [1.165, 1.54) is 18.3 Å². The summed E-state index contributed by atoms with van der Waals surface area (Å²) in [4.78, 5) is 3.72. The maximum Gasteiger partial charge on any atom is 0.410 e. The fraction of sp³-hybridized carbons (Fsp3) is 0.545. The summed E-state index contributed by atoms with van der Waals surface area (Å²) in [5, 5.41) is 0. The fourth-order valence-corrected chi connectivity index (χ4v) is 2.19. The van der Waals surface area contributed by atoms with Crippen molar-refractivity contribution in [3.8, 4) is 0 Å². The van der Waals surface area contributed by atoms with E-state index in [0.29, 0.717) is 4.47 Å². The molecule has 0 radical (unpaired) electrons. The molecule has 0 aliphatic rings. The SMILES string of the molecule is CC(C)(C)S(=O)N[C@@H](c1ccc(Br)cn1)C(F)(F)F. The van der Waals surface area contributed by atoms with E-state index in [-0.39, 0.29) is 5.69 Å². The first-order valence-electron chi connectivity index (χ1n) is 5.38. The molecule has 0 bridgehead atoms. The van der Waals surface area contributed by atoms with Gasteiger partial charge in [-0.25, -0.2) is 8.93 Å². The second kappa shape index (κ2) is 5.88. The molecular weight excluding hydrogens is 345 g/mol. The van der Waals surface area contributed by atoms with Crippen molar-refractivity contribution in [3.63, 3.8) is 0 Å². The van der Waals surface area contributed by atoms with Gasteiger partial charge in [0.25, 0.3) is 0 Å². The minimum Gasteiger partial charge on any atom is -0.258 e. The Morgan fingerprint density at radius 2 is 1.89 bits per heavy atom. The van der Waals surface area contributed by atoms with Gasteiger partial charge in [0, 0.05) is 10.7 Å². The molecule has 19 heavy (non-hydrogen) atoms. The summed E-state index contributed by atoms with van der Waals surface area (Å²) >= 11 is 3.10. The Morgan fingerprint density at radius 3 is 2.26 bits per heavy atom. The van der Waals surface area contributed by atoms with E-state index in [2.05, 4.69) is 25.6 Å². The van der Waals surface area contributed by atoms with Gasteiger partial charge in [0.1, 0.15) is 0 Å². The van der Waals surface area contributed by atoms with Gasteiger partial charge in [0.05, 0.1) is 21.4 Å². The van der Waals surface area contributed by atoms with Crippen LogP contribution in [0.2, 0.25) is 0 Å². The van der Waals surface area contributed by atoms with Gasteiger partial charge in [-0.3, -0.25) is 4.98 Å². The number of nitrogens with one attached hydrogen (secondary N) is 1.